The molecule has 0 fully saturated rings. The fraction of sp³-hybridized carbons (Fsp3) is 0.500. The van der Waals surface area contributed by atoms with E-state index in [1.165, 1.54) is 4.90 Å². The summed E-state index contributed by atoms with van der Waals surface area (Å²) in [7, 11) is 0. The number of nitrogens with zero attached hydrogens (tertiary/aromatic N) is 3. The fourth-order valence-electron chi connectivity index (χ4n) is 0.490. The van der Waals surface area contributed by atoms with E-state index in [1.807, 2.05) is 12.1 Å². The second-order valence-electron chi connectivity index (χ2n) is 1.65. The zero-order valence-corrected chi connectivity index (χ0v) is 5.45. The van der Waals surface area contributed by atoms with E-state index in [2.05, 4.69) is 0 Å². The van der Waals surface area contributed by atoms with Crippen LogP contribution in [-0.4, -0.2) is 30.8 Å². The molecule has 10 heavy (non-hydrogen) atoms. The van der Waals surface area contributed by atoms with Gasteiger partial charge in [-0.25, -0.2) is 0 Å². The molecular formula is C6H7N3O. The topological polar surface area (TPSA) is 67.9 Å². The third-order valence-corrected chi connectivity index (χ3v) is 0.921. The van der Waals surface area contributed by atoms with Crippen LogP contribution in [0.3, 0.4) is 0 Å². The fourth-order valence-corrected chi connectivity index (χ4v) is 0.490. The molecular weight excluding hydrogens is 130 g/mol. The summed E-state index contributed by atoms with van der Waals surface area (Å²) in [6.07, 6.45) is 0.675. The molecule has 0 aliphatic rings. The molecule has 0 aromatic carbocycles. The van der Waals surface area contributed by atoms with Crippen molar-refractivity contribution in [2.45, 2.75) is 0 Å². The molecule has 0 unspecified atom stereocenters. The van der Waals surface area contributed by atoms with Crippen molar-refractivity contribution in [3.05, 3.63) is 0 Å². The Kier molecular flexibility index (Phi) is 4.94. The van der Waals surface area contributed by atoms with Gasteiger partial charge < -0.3 is 4.79 Å². The van der Waals surface area contributed by atoms with Crippen molar-refractivity contribution < 1.29 is 4.79 Å². The lowest BCUT2D eigenvalue weighted by Crippen LogP contribution is -2.26. The molecule has 0 aromatic rings. The summed E-state index contributed by atoms with van der Waals surface area (Å²) in [6.45, 7) is 0.416. The number of hydrogen-bond acceptors (Lipinski definition) is 4. The van der Waals surface area contributed by atoms with Crippen molar-refractivity contribution in [3.63, 3.8) is 0 Å². The van der Waals surface area contributed by atoms with Crippen LogP contribution in [0.5, 0.6) is 0 Å². The van der Waals surface area contributed by atoms with Crippen LogP contribution in [-0.2, 0) is 4.79 Å². The summed E-state index contributed by atoms with van der Waals surface area (Å²) in [5.74, 6) is 0. The number of aldehydes is 1. The lowest BCUT2D eigenvalue weighted by atomic mass is 10.5. The van der Waals surface area contributed by atoms with Crippen LogP contribution >= 0.6 is 0 Å². The van der Waals surface area contributed by atoms with Gasteiger partial charge in [0.15, 0.2) is 0 Å². The highest BCUT2D eigenvalue weighted by molar-refractivity contribution is 5.52. The van der Waals surface area contributed by atoms with E-state index in [0.29, 0.717) is 6.29 Å². The summed E-state index contributed by atoms with van der Waals surface area (Å²) < 4.78 is 0. The Bertz CT molecular complexity index is 160. The van der Waals surface area contributed by atoms with Gasteiger partial charge in [-0.3, -0.25) is 4.90 Å². The molecule has 0 spiro atoms. The van der Waals surface area contributed by atoms with Crippen molar-refractivity contribution >= 4 is 6.29 Å². The van der Waals surface area contributed by atoms with Crippen molar-refractivity contribution in [3.8, 4) is 12.1 Å². The first kappa shape index (κ1) is 8.61. The summed E-state index contributed by atoms with van der Waals surface area (Å²) in [6, 6.07) is 3.71. The first-order valence-corrected chi connectivity index (χ1v) is 2.75. The molecule has 52 valence electrons. The molecule has 0 bridgehead atoms. The molecule has 0 saturated carbocycles. The van der Waals surface area contributed by atoms with Crippen LogP contribution in [0.2, 0.25) is 0 Å². The number of carbonyl (C=O) groups excluding carboxylic acids is 1. The normalized spacial score (nSPS) is 8.30. The second kappa shape index (κ2) is 5.74. The Morgan fingerprint density at radius 2 is 1.80 bits per heavy atom. The lowest BCUT2D eigenvalue weighted by molar-refractivity contribution is -0.108. The molecule has 0 radical (unpaired) electrons. The maximum absolute atomic E-state index is 9.90. The average molecular weight is 137 g/mol. The third-order valence-electron chi connectivity index (χ3n) is 0.921. The molecule has 0 atom stereocenters. The SMILES string of the molecule is N#CCN(CC#N)CC=O. The Balaban J connectivity index is 3.65. The molecule has 4 heteroatoms. The molecule has 0 aliphatic carbocycles. The van der Waals surface area contributed by atoms with Gasteiger partial charge in [0.05, 0.1) is 31.8 Å². The zero-order valence-electron chi connectivity index (χ0n) is 5.45. The largest absolute Gasteiger partial charge is 0.302 e. The van der Waals surface area contributed by atoms with E-state index in [-0.39, 0.29) is 19.6 Å². The van der Waals surface area contributed by atoms with Gasteiger partial charge in [0, 0.05) is 0 Å². The number of hydrogen-bond donors (Lipinski definition) is 0. The van der Waals surface area contributed by atoms with E-state index < -0.39 is 0 Å². The standard InChI is InChI=1S/C6H7N3O/c7-1-3-9(4-2-8)5-6-10/h6H,3-5H2. The maximum Gasteiger partial charge on any atom is 0.134 e. The van der Waals surface area contributed by atoms with Crippen LogP contribution < -0.4 is 0 Å². The number of rotatable bonds is 4. The highest BCUT2D eigenvalue weighted by Gasteiger charge is 1.99. The van der Waals surface area contributed by atoms with Crippen LogP contribution in [0, 0.1) is 22.7 Å². The first-order valence-electron chi connectivity index (χ1n) is 2.75. The van der Waals surface area contributed by atoms with Crippen LogP contribution in [0.1, 0.15) is 0 Å². The summed E-state index contributed by atoms with van der Waals surface area (Å²) in [4.78, 5) is 11.4. The van der Waals surface area contributed by atoms with Gasteiger partial charge in [-0.2, -0.15) is 10.5 Å². The third kappa shape index (κ3) is 3.59. The van der Waals surface area contributed by atoms with Gasteiger partial charge in [-0.1, -0.05) is 0 Å². The lowest BCUT2D eigenvalue weighted by Gasteiger charge is -2.08. The van der Waals surface area contributed by atoms with Gasteiger partial charge in [0.25, 0.3) is 0 Å². The maximum atomic E-state index is 9.90. The predicted octanol–water partition coefficient (Wildman–Crippen LogP) is -0.466. The predicted molar refractivity (Wildman–Crippen MR) is 33.7 cm³/mol. The van der Waals surface area contributed by atoms with Crippen molar-refractivity contribution in [2.75, 3.05) is 19.6 Å². The Morgan fingerprint density at radius 3 is 2.10 bits per heavy atom. The van der Waals surface area contributed by atoms with E-state index in [4.69, 9.17) is 10.5 Å². The van der Waals surface area contributed by atoms with Crippen LogP contribution in [0.4, 0.5) is 0 Å². The van der Waals surface area contributed by atoms with E-state index in [0.717, 1.165) is 0 Å². The first-order chi connectivity index (χ1) is 4.85. The quantitative estimate of drug-likeness (QED) is 0.388. The monoisotopic (exact) mass is 137 g/mol. The van der Waals surface area contributed by atoms with Gasteiger partial charge in [0.2, 0.25) is 0 Å². The molecule has 0 N–H and O–H groups in total. The average Bonchev–Trinajstić information content (AvgIpc) is 1.90. The second-order valence-corrected chi connectivity index (χ2v) is 1.65. The molecule has 0 saturated heterocycles. The molecule has 4 nitrogen and oxygen atoms in total. The molecule has 0 aliphatic heterocycles. The van der Waals surface area contributed by atoms with E-state index in [9.17, 15) is 4.79 Å². The van der Waals surface area contributed by atoms with Gasteiger partial charge in [-0.15, -0.1) is 0 Å². The highest BCUT2D eigenvalue weighted by atomic mass is 16.1. The smallest absolute Gasteiger partial charge is 0.134 e. The zero-order chi connectivity index (χ0) is 7.82. The van der Waals surface area contributed by atoms with Crippen LogP contribution in [0.25, 0.3) is 0 Å². The van der Waals surface area contributed by atoms with Crippen molar-refractivity contribution in [2.24, 2.45) is 0 Å². The number of carbonyl (C=O) groups is 1. The van der Waals surface area contributed by atoms with Crippen LogP contribution in [0.15, 0.2) is 0 Å². The molecule has 0 heterocycles. The minimum Gasteiger partial charge on any atom is -0.302 e. The van der Waals surface area contributed by atoms with Crippen molar-refractivity contribution in [1.29, 1.82) is 10.5 Å². The Labute approximate surface area is 59.3 Å². The summed E-state index contributed by atoms with van der Waals surface area (Å²) >= 11 is 0. The Hall–Kier alpha value is -1.39. The van der Waals surface area contributed by atoms with E-state index >= 15 is 0 Å². The Morgan fingerprint density at radius 1 is 1.30 bits per heavy atom. The van der Waals surface area contributed by atoms with Gasteiger partial charge >= 0.3 is 0 Å². The molecule has 0 rings (SSSR count). The summed E-state index contributed by atoms with van der Waals surface area (Å²) in [5.41, 5.74) is 0. The number of nitriles is 2. The van der Waals surface area contributed by atoms with E-state index in [1.54, 1.807) is 0 Å². The van der Waals surface area contributed by atoms with Gasteiger partial charge in [0.1, 0.15) is 6.29 Å². The van der Waals surface area contributed by atoms with Crippen molar-refractivity contribution in [1.82, 2.24) is 4.90 Å². The molecule has 0 amide bonds. The molecule has 0 aromatic heterocycles. The minimum atomic E-state index is 0.131. The van der Waals surface area contributed by atoms with Gasteiger partial charge in [-0.05, 0) is 0 Å². The minimum absolute atomic E-state index is 0.131. The summed E-state index contributed by atoms with van der Waals surface area (Å²) in [5, 5.41) is 16.3. The highest BCUT2D eigenvalue weighted by Crippen LogP contribution is 1.81.